The first-order valence-corrected chi connectivity index (χ1v) is 16.0. The Morgan fingerprint density at radius 3 is 1.26 bits per heavy atom. The van der Waals surface area contributed by atoms with Gasteiger partial charge in [0.05, 0.1) is 0 Å². The molecule has 0 aromatic heterocycles. The van der Waals surface area contributed by atoms with Gasteiger partial charge in [0, 0.05) is 30.9 Å². The van der Waals surface area contributed by atoms with Crippen LogP contribution < -0.4 is 0 Å². The molecule has 4 heteroatoms. The van der Waals surface area contributed by atoms with Crippen LogP contribution in [0.25, 0.3) is 0 Å². The van der Waals surface area contributed by atoms with E-state index in [0.717, 1.165) is 71.9 Å². The molecular formula is C39H48O4. The van der Waals surface area contributed by atoms with Gasteiger partial charge in [0.1, 0.15) is 24.1 Å². The van der Waals surface area contributed by atoms with Gasteiger partial charge in [-0.15, -0.1) is 0 Å². The summed E-state index contributed by atoms with van der Waals surface area (Å²) in [4.78, 5) is 0. The molecular weight excluding hydrogens is 532 g/mol. The van der Waals surface area contributed by atoms with Gasteiger partial charge in [-0.2, -0.15) is 0 Å². The van der Waals surface area contributed by atoms with Crippen LogP contribution in [0.3, 0.4) is 0 Å². The predicted octanol–water partition coefficient (Wildman–Crippen LogP) is 10.1. The normalized spacial score (nSPS) is 13.5. The second-order valence-electron chi connectivity index (χ2n) is 11.0. The molecule has 1 N–H and O–H groups in total. The van der Waals surface area contributed by atoms with Crippen molar-refractivity contribution in [3.63, 3.8) is 0 Å². The molecule has 0 radical (unpaired) electrons. The summed E-state index contributed by atoms with van der Waals surface area (Å²) in [7, 11) is 0. The van der Waals surface area contributed by atoms with Crippen LogP contribution >= 0.6 is 0 Å². The molecule has 4 nitrogen and oxygen atoms in total. The number of benzene rings is 4. The number of aromatic hydroxyl groups is 1. The maximum absolute atomic E-state index is 11.8. The Morgan fingerprint density at radius 2 is 0.837 bits per heavy atom. The molecule has 4 aromatic rings. The monoisotopic (exact) mass is 580 g/mol. The van der Waals surface area contributed by atoms with Crippen LogP contribution in [-0.2, 0) is 14.2 Å². The number of hydrogen-bond donors (Lipinski definition) is 1. The molecule has 0 bridgehead atoms. The van der Waals surface area contributed by atoms with E-state index in [9.17, 15) is 5.11 Å². The van der Waals surface area contributed by atoms with E-state index in [-0.39, 0.29) is 11.9 Å². The van der Waals surface area contributed by atoms with Crippen molar-refractivity contribution in [1.29, 1.82) is 0 Å². The zero-order valence-corrected chi connectivity index (χ0v) is 26.1. The van der Waals surface area contributed by atoms with Crippen LogP contribution in [0.1, 0.15) is 111 Å². The lowest BCUT2D eigenvalue weighted by Gasteiger charge is -2.32. The van der Waals surface area contributed by atoms with Crippen LogP contribution in [0.2, 0.25) is 0 Å². The van der Waals surface area contributed by atoms with E-state index < -0.39 is 12.2 Å². The molecule has 228 valence electrons. The lowest BCUT2D eigenvalue weighted by Crippen LogP contribution is -2.20. The van der Waals surface area contributed by atoms with Gasteiger partial charge >= 0.3 is 0 Å². The van der Waals surface area contributed by atoms with Crippen LogP contribution in [0.4, 0.5) is 0 Å². The van der Waals surface area contributed by atoms with Crippen molar-refractivity contribution in [2.45, 2.75) is 77.6 Å². The van der Waals surface area contributed by atoms with E-state index in [1.807, 2.05) is 48.5 Å². The minimum absolute atomic E-state index is 0.199. The van der Waals surface area contributed by atoms with Crippen molar-refractivity contribution >= 4 is 0 Å². The fraction of sp³-hybridized carbons (Fsp3) is 0.385. The number of unbranched alkanes of at least 4 members (excludes halogenated alkanes) is 3. The van der Waals surface area contributed by atoms with E-state index >= 15 is 0 Å². The smallest absolute Gasteiger partial charge is 0.122 e. The third-order valence-electron chi connectivity index (χ3n) is 7.76. The first kappa shape index (κ1) is 32.5. The topological polar surface area (TPSA) is 47.9 Å². The minimum atomic E-state index is -0.476. The van der Waals surface area contributed by atoms with Crippen molar-refractivity contribution in [3.05, 3.63) is 137 Å². The molecule has 0 saturated carbocycles. The Labute approximate surface area is 258 Å². The molecule has 0 fully saturated rings. The lowest BCUT2D eigenvalue weighted by molar-refractivity contribution is 0.0530. The zero-order chi connectivity index (χ0) is 30.3. The largest absolute Gasteiger partial charge is 0.508 e. The second kappa shape index (κ2) is 17.6. The van der Waals surface area contributed by atoms with Crippen molar-refractivity contribution < 1.29 is 19.3 Å². The first-order chi connectivity index (χ1) is 21.2. The molecule has 0 saturated heterocycles. The van der Waals surface area contributed by atoms with E-state index in [1.54, 1.807) is 6.07 Å². The molecule has 0 heterocycles. The Balaban J connectivity index is 2.01. The summed E-state index contributed by atoms with van der Waals surface area (Å²) in [6.07, 6.45) is 4.69. The van der Waals surface area contributed by atoms with Crippen molar-refractivity contribution in [2.75, 3.05) is 19.8 Å². The van der Waals surface area contributed by atoms with Gasteiger partial charge in [-0.25, -0.2) is 0 Å². The van der Waals surface area contributed by atoms with E-state index in [2.05, 4.69) is 69.3 Å². The van der Waals surface area contributed by atoms with Gasteiger partial charge < -0.3 is 19.3 Å². The van der Waals surface area contributed by atoms with Gasteiger partial charge in [-0.3, -0.25) is 0 Å². The lowest BCUT2D eigenvalue weighted by atomic mass is 9.84. The predicted molar refractivity (Wildman–Crippen MR) is 176 cm³/mol. The summed E-state index contributed by atoms with van der Waals surface area (Å²) in [5.74, 6) is 0.199. The highest BCUT2D eigenvalue weighted by Crippen LogP contribution is 2.46. The van der Waals surface area contributed by atoms with Crippen molar-refractivity contribution in [2.24, 2.45) is 0 Å². The molecule has 0 amide bonds. The Morgan fingerprint density at radius 1 is 0.465 bits per heavy atom. The maximum atomic E-state index is 11.8. The highest BCUT2D eigenvalue weighted by Gasteiger charge is 2.33. The molecule has 4 rings (SSSR count). The number of hydrogen-bond acceptors (Lipinski definition) is 4. The van der Waals surface area contributed by atoms with E-state index in [0.29, 0.717) is 19.8 Å². The highest BCUT2D eigenvalue weighted by atomic mass is 16.5. The zero-order valence-electron chi connectivity index (χ0n) is 26.1. The van der Waals surface area contributed by atoms with Gasteiger partial charge in [-0.1, -0.05) is 137 Å². The fourth-order valence-electron chi connectivity index (χ4n) is 5.42. The Hall–Kier alpha value is -3.44. The van der Waals surface area contributed by atoms with Crippen LogP contribution in [0, 0.1) is 0 Å². The quantitative estimate of drug-likeness (QED) is 0.119. The Kier molecular flexibility index (Phi) is 13.3. The SMILES string of the molecule is CCCCOC(c1ccccc1)c1ccc(O)c(C(OCCCC)c2ccccc2)c1C(OCCCC)c1ccccc1. The summed E-state index contributed by atoms with van der Waals surface area (Å²) in [5, 5.41) is 11.8. The molecule has 4 aromatic carbocycles. The first-order valence-electron chi connectivity index (χ1n) is 16.0. The van der Waals surface area contributed by atoms with Crippen LogP contribution in [0.5, 0.6) is 5.75 Å². The number of phenols is 1. The average Bonchev–Trinajstić information content (AvgIpc) is 3.05. The standard InChI is InChI=1S/C39H48O4/c1-4-7-27-41-37(30-19-13-10-14-20-30)33-25-26-34(40)36(39(43-29-9-6-3)32-23-17-12-18-24-32)35(33)38(42-28-8-5-2)31-21-15-11-16-22-31/h10-26,37-40H,4-9,27-29H2,1-3H3. The maximum Gasteiger partial charge on any atom is 0.122 e. The Bertz CT molecular complexity index is 1320. The highest BCUT2D eigenvalue weighted by molar-refractivity contribution is 5.54. The van der Waals surface area contributed by atoms with Gasteiger partial charge in [0.25, 0.3) is 0 Å². The van der Waals surface area contributed by atoms with E-state index in [4.69, 9.17) is 14.2 Å². The summed E-state index contributed by atoms with van der Waals surface area (Å²) in [5.41, 5.74) is 5.74. The summed E-state index contributed by atoms with van der Waals surface area (Å²) >= 11 is 0. The summed E-state index contributed by atoms with van der Waals surface area (Å²) < 4.78 is 20.2. The third kappa shape index (κ3) is 8.79. The van der Waals surface area contributed by atoms with Crippen LogP contribution in [-0.4, -0.2) is 24.9 Å². The molecule has 0 spiro atoms. The van der Waals surface area contributed by atoms with Crippen molar-refractivity contribution in [1.82, 2.24) is 0 Å². The van der Waals surface area contributed by atoms with Gasteiger partial charge in [-0.05, 0) is 47.6 Å². The molecule has 3 unspecified atom stereocenters. The number of phenolic OH excluding ortho intramolecular Hbond substituents is 1. The van der Waals surface area contributed by atoms with Crippen molar-refractivity contribution in [3.8, 4) is 5.75 Å². The number of ether oxygens (including phenoxy) is 3. The molecule has 3 atom stereocenters. The molecule has 43 heavy (non-hydrogen) atoms. The number of rotatable bonds is 18. The molecule has 0 aliphatic rings. The fourth-order valence-corrected chi connectivity index (χ4v) is 5.42. The van der Waals surface area contributed by atoms with Crippen LogP contribution in [0.15, 0.2) is 103 Å². The summed E-state index contributed by atoms with van der Waals surface area (Å²) in [6.45, 7) is 8.33. The van der Waals surface area contributed by atoms with E-state index in [1.165, 1.54) is 0 Å². The average molecular weight is 581 g/mol. The molecule has 0 aliphatic carbocycles. The third-order valence-corrected chi connectivity index (χ3v) is 7.76. The molecule has 0 aliphatic heterocycles. The van der Waals surface area contributed by atoms with Gasteiger partial charge in [0.2, 0.25) is 0 Å². The van der Waals surface area contributed by atoms with Gasteiger partial charge in [0.15, 0.2) is 0 Å². The summed E-state index contributed by atoms with van der Waals surface area (Å²) in [6, 6.07) is 34.8. The second-order valence-corrected chi connectivity index (χ2v) is 11.0. The minimum Gasteiger partial charge on any atom is -0.508 e.